The van der Waals surface area contributed by atoms with Crippen molar-refractivity contribution in [3.63, 3.8) is 0 Å². The van der Waals surface area contributed by atoms with Crippen molar-refractivity contribution in [3.05, 3.63) is 120 Å². The predicted octanol–water partition coefficient (Wildman–Crippen LogP) is 7.03. The lowest BCUT2D eigenvalue weighted by atomic mass is 9.73. The van der Waals surface area contributed by atoms with Crippen LogP contribution in [0, 0.1) is 0 Å². The lowest BCUT2D eigenvalue weighted by Crippen LogP contribution is -2.33. The largest absolute Gasteiger partial charge is 0.257 e. The summed E-state index contributed by atoms with van der Waals surface area (Å²) in [6.45, 7) is 2.38. The van der Waals surface area contributed by atoms with Crippen molar-refractivity contribution in [2.24, 2.45) is 4.99 Å². The van der Waals surface area contributed by atoms with Crippen molar-refractivity contribution >= 4 is 34.1 Å². The smallest absolute Gasteiger partial charge is 0.210 e. The van der Waals surface area contributed by atoms with Gasteiger partial charge in [-0.1, -0.05) is 72.8 Å². The number of allylic oxidation sites excluding steroid dienone is 2. The topological polar surface area (TPSA) is 15.4 Å². The molecular formula is C30H27N2+. The van der Waals surface area contributed by atoms with Gasteiger partial charge in [0, 0.05) is 23.9 Å². The maximum Gasteiger partial charge on any atom is 0.210 e. The number of benzene rings is 4. The first kappa shape index (κ1) is 20.1. The molecule has 0 aromatic heterocycles. The van der Waals surface area contributed by atoms with Crippen LogP contribution in [0.25, 0.3) is 10.8 Å². The Labute approximate surface area is 189 Å². The summed E-state index contributed by atoms with van der Waals surface area (Å²) < 4.78 is 2.34. The minimum atomic E-state index is -0.149. The molecule has 2 nitrogen and oxygen atoms in total. The molecule has 1 atom stereocenters. The molecule has 32 heavy (non-hydrogen) atoms. The highest BCUT2D eigenvalue weighted by molar-refractivity contribution is 6.09. The van der Waals surface area contributed by atoms with E-state index in [4.69, 9.17) is 0 Å². The van der Waals surface area contributed by atoms with E-state index in [2.05, 4.69) is 102 Å². The molecule has 156 valence electrons. The zero-order valence-corrected chi connectivity index (χ0v) is 18.6. The highest BCUT2D eigenvalue weighted by Gasteiger charge is 2.47. The van der Waals surface area contributed by atoms with Crippen molar-refractivity contribution in [2.75, 3.05) is 7.05 Å². The van der Waals surface area contributed by atoms with Gasteiger partial charge in [-0.15, -0.1) is 0 Å². The number of hydrogen-bond donors (Lipinski definition) is 0. The van der Waals surface area contributed by atoms with Gasteiger partial charge in [0.25, 0.3) is 0 Å². The van der Waals surface area contributed by atoms with Gasteiger partial charge in [0.2, 0.25) is 5.69 Å². The predicted molar refractivity (Wildman–Crippen MR) is 136 cm³/mol. The van der Waals surface area contributed by atoms with Crippen molar-refractivity contribution < 1.29 is 4.58 Å². The average Bonchev–Trinajstić information content (AvgIpc) is 3.04. The zero-order chi connectivity index (χ0) is 22.0. The van der Waals surface area contributed by atoms with Crippen LogP contribution >= 0.6 is 0 Å². The van der Waals surface area contributed by atoms with Crippen LogP contribution in [0.5, 0.6) is 0 Å². The molecule has 0 radical (unpaired) electrons. The second kappa shape index (κ2) is 8.39. The van der Waals surface area contributed by atoms with E-state index in [0.717, 1.165) is 12.1 Å². The van der Waals surface area contributed by atoms with E-state index < -0.39 is 0 Å². The van der Waals surface area contributed by atoms with Crippen LogP contribution in [-0.2, 0) is 11.8 Å². The third-order valence-corrected chi connectivity index (χ3v) is 6.47. The van der Waals surface area contributed by atoms with Crippen LogP contribution in [0.1, 0.15) is 18.1 Å². The van der Waals surface area contributed by atoms with E-state index in [9.17, 15) is 0 Å². The molecule has 4 aromatic carbocycles. The highest BCUT2D eigenvalue weighted by atomic mass is 15.0. The van der Waals surface area contributed by atoms with Gasteiger partial charge >= 0.3 is 0 Å². The Balaban J connectivity index is 1.60. The third-order valence-electron chi connectivity index (χ3n) is 6.47. The van der Waals surface area contributed by atoms with Crippen LogP contribution < -0.4 is 0 Å². The fourth-order valence-electron chi connectivity index (χ4n) is 5.00. The lowest BCUT2D eigenvalue weighted by Gasteiger charge is -2.24. The average molecular weight is 416 g/mol. The van der Waals surface area contributed by atoms with Crippen LogP contribution in [0.3, 0.4) is 0 Å². The molecule has 1 aliphatic rings. The van der Waals surface area contributed by atoms with E-state index in [0.29, 0.717) is 0 Å². The Morgan fingerprint density at radius 1 is 0.812 bits per heavy atom. The van der Waals surface area contributed by atoms with Crippen molar-refractivity contribution in [2.45, 2.75) is 18.8 Å². The fourth-order valence-corrected chi connectivity index (χ4v) is 5.00. The molecular weight excluding hydrogens is 388 g/mol. The SMILES string of the molecule is C[N+]1=C(/C=C/C=Nc2ccccc2)C(C)(Cc2ccccc2)c2c1ccc1ccccc21. The summed E-state index contributed by atoms with van der Waals surface area (Å²) in [4.78, 5) is 4.58. The number of para-hydroxylation sites is 1. The number of nitrogens with zero attached hydrogens (tertiary/aromatic N) is 2. The lowest BCUT2D eigenvalue weighted by molar-refractivity contribution is -0.401. The minimum absolute atomic E-state index is 0.149. The van der Waals surface area contributed by atoms with E-state index in [1.54, 1.807) is 0 Å². The molecule has 4 aromatic rings. The van der Waals surface area contributed by atoms with Crippen molar-refractivity contribution in [1.29, 1.82) is 0 Å². The first-order valence-electron chi connectivity index (χ1n) is 11.1. The summed E-state index contributed by atoms with van der Waals surface area (Å²) in [5.74, 6) is 0. The van der Waals surface area contributed by atoms with Gasteiger partial charge in [0.15, 0.2) is 5.71 Å². The Morgan fingerprint density at radius 2 is 1.50 bits per heavy atom. The Bertz CT molecular complexity index is 1350. The molecule has 0 saturated carbocycles. The summed E-state index contributed by atoms with van der Waals surface area (Å²) >= 11 is 0. The van der Waals surface area contributed by atoms with Gasteiger partial charge in [-0.25, -0.2) is 0 Å². The summed E-state index contributed by atoms with van der Waals surface area (Å²) in [7, 11) is 2.18. The molecule has 0 saturated heterocycles. The van der Waals surface area contributed by atoms with Gasteiger partial charge in [-0.3, -0.25) is 4.99 Å². The van der Waals surface area contributed by atoms with E-state index in [1.165, 1.54) is 33.3 Å². The minimum Gasteiger partial charge on any atom is -0.257 e. The number of rotatable bonds is 5. The van der Waals surface area contributed by atoms with Crippen LogP contribution in [0.4, 0.5) is 11.4 Å². The highest BCUT2D eigenvalue weighted by Crippen LogP contribution is 2.45. The molecule has 0 fully saturated rings. The molecule has 0 bridgehead atoms. The molecule has 5 rings (SSSR count). The van der Waals surface area contributed by atoms with Gasteiger partial charge in [-0.05, 0) is 54.0 Å². The number of hydrogen-bond acceptors (Lipinski definition) is 1. The first-order valence-corrected chi connectivity index (χ1v) is 11.1. The molecule has 2 heteroatoms. The Hall–Kier alpha value is -3.78. The van der Waals surface area contributed by atoms with E-state index >= 15 is 0 Å². The van der Waals surface area contributed by atoms with E-state index in [-0.39, 0.29) is 5.41 Å². The van der Waals surface area contributed by atoms with Gasteiger partial charge in [0.05, 0.1) is 11.1 Å². The Kier molecular flexibility index (Phi) is 5.28. The standard InChI is InChI=1S/C30H27N2/c1-30(22-23-12-5-3-6-13-23)28(18-11-21-31-25-15-7-4-8-16-25)32(2)27-20-19-24-14-9-10-17-26(24)29(27)30/h3-21H,22H2,1-2H3/q+1/b18-11+,31-21?. The fraction of sp³-hybridized carbons (Fsp3) is 0.133. The number of aliphatic imine (C=N–C) groups is 1. The van der Waals surface area contributed by atoms with Gasteiger partial charge in [0.1, 0.15) is 7.05 Å². The second-order valence-electron chi connectivity index (χ2n) is 8.59. The molecule has 1 unspecified atom stereocenters. The number of fused-ring (bicyclic) bond motifs is 3. The Morgan fingerprint density at radius 3 is 2.28 bits per heavy atom. The van der Waals surface area contributed by atoms with Crippen molar-refractivity contribution in [1.82, 2.24) is 0 Å². The second-order valence-corrected chi connectivity index (χ2v) is 8.59. The maximum absolute atomic E-state index is 4.58. The van der Waals surface area contributed by atoms with E-state index in [1.807, 2.05) is 36.5 Å². The van der Waals surface area contributed by atoms with Crippen molar-refractivity contribution in [3.8, 4) is 0 Å². The third kappa shape index (κ3) is 3.58. The molecule has 0 amide bonds. The summed E-state index contributed by atoms with van der Waals surface area (Å²) in [5.41, 5.74) is 6.12. The molecule has 1 heterocycles. The molecule has 1 aliphatic heterocycles. The molecule has 0 aliphatic carbocycles. The summed E-state index contributed by atoms with van der Waals surface area (Å²) in [6, 6.07) is 34.1. The monoisotopic (exact) mass is 415 g/mol. The maximum atomic E-state index is 4.58. The normalized spacial score (nSPS) is 18.2. The zero-order valence-electron chi connectivity index (χ0n) is 18.6. The van der Waals surface area contributed by atoms with Crippen LogP contribution in [0.15, 0.2) is 114 Å². The van der Waals surface area contributed by atoms with Crippen LogP contribution in [-0.4, -0.2) is 23.5 Å². The molecule has 0 spiro atoms. The molecule has 0 N–H and O–H groups in total. The quantitative estimate of drug-likeness (QED) is 0.246. The summed E-state index contributed by atoms with van der Waals surface area (Å²) in [5, 5.41) is 2.62. The van der Waals surface area contributed by atoms with Gasteiger partial charge in [-0.2, -0.15) is 4.58 Å². The van der Waals surface area contributed by atoms with Gasteiger partial charge < -0.3 is 0 Å². The summed E-state index contributed by atoms with van der Waals surface area (Å²) in [6.07, 6.45) is 7.12. The van der Waals surface area contributed by atoms with Crippen LogP contribution in [0.2, 0.25) is 0 Å². The first-order chi connectivity index (χ1) is 15.7.